The van der Waals surface area contributed by atoms with Crippen molar-refractivity contribution in [1.29, 1.82) is 0 Å². The molecule has 0 unspecified atom stereocenters. The highest BCUT2D eigenvalue weighted by Crippen LogP contribution is 2.23. The highest BCUT2D eigenvalue weighted by molar-refractivity contribution is 8.00. The standard InChI is InChI=1S/C14H17N5OS/c1-10-15-7-11-13(18-10)16-9-17-14(11)21-8-12(20)19-5-3-2-4-6-19/h7,9H,2-6,8H2,1H3. The van der Waals surface area contributed by atoms with E-state index in [9.17, 15) is 4.79 Å². The van der Waals surface area contributed by atoms with Crippen LogP contribution in [0.2, 0.25) is 0 Å². The van der Waals surface area contributed by atoms with Gasteiger partial charge in [0.05, 0.1) is 11.1 Å². The summed E-state index contributed by atoms with van der Waals surface area (Å²) in [7, 11) is 0. The van der Waals surface area contributed by atoms with E-state index < -0.39 is 0 Å². The van der Waals surface area contributed by atoms with Gasteiger partial charge < -0.3 is 4.90 Å². The van der Waals surface area contributed by atoms with E-state index in [1.165, 1.54) is 24.5 Å². The van der Waals surface area contributed by atoms with Crippen molar-refractivity contribution < 1.29 is 4.79 Å². The Bertz CT molecular complexity index is 657. The van der Waals surface area contributed by atoms with E-state index in [-0.39, 0.29) is 5.91 Å². The van der Waals surface area contributed by atoms with Crippen molar-refractivity contribution in [2.24, 2.45) is 0 Å². The lowest BCUT2D eigenvalue weighted by Crippen LogP contribution is -2.36. The van der Waals surface area contributed by atoms with E-state index in [0.717, 1.165) is 36.3 Å². The quantitative estimate of drug-likeness (QED) is 0.636. The third-order valence-electron chi connectivity index (χ3n) is 3.52. The Kier molecular flexibility index (Phi) is 4.28. The van der Waals surface area contributed by atoms with Crippen molar-refractivity contribution in [2.75, 3.05) is 18.8 Å². The number of hydrogen-bond donors (Lipinski definition) is 0. The number of nitrogens with zero attached hydrogens (tertiary/aromatic N) is 5. The summed E-state index contributed by atoms with van der Waals surface area (Å²) in [6.07, 6.45) is 6.66. The Hall–Kier alpha value is -1.76. The number of likely N-dealkylation sites (tertiary alicyclic amines) is 1. The lowest BCUT2D eigenvalue weighted by Gasteiger charge is -2.26. The van der Waals surface area contributed by atoms with Gasteiger partial charge in [-0.05, 0) is 26.2 Å². The van der Waals surface area contributed by atoms with Crippen LogP contribution in [0.3, 0.4) is 0 Å². The fourth-order valence-electron chi connectivity index (χ4n) is 2.39. The largest absolute Gasteiger partial charge is 0.342 e. The van der Waals surface area contributed by atoms with Crippen LogP contribution in [0.25, 0.3) is 11.0 Å². The fourth-order valence-corrected chi connectivity index (χ4v) is 3.26. The van der Waals surface area contributed by atoms with Crippen LogP contribution in [0.5, 0.6) is 0 Å². The molecule has 110 valence electrons. The first-order chi connectivity index (χ1) is 10.2. The Balaban J connectivity index is 1.71. The smallest absolute Gasteiger partial charge is 0.232 e. The number of thioether (sulfide) groups is 1. The zero-order valence-corrected chi connectivity index (χ0v) is 12.8. The fraction of sp³-hybridized carbons (Fsp3) is 0.500. The van der Waals surface area contributed by atoms with Gasteiger partial charge in [0.25, 0.3) is 0 Å². The first-order valence-electron chi connectivity index (χ1n) is 7.09. The Labute approximate surface area is 127 Å². The maximum atomic E-state index is 12.2. The number of piperidine rings is 1. The van der Waals surface area contributed by atoms with Crippen LogP contribution >= 0.6 is 11.8 Å². The van der Waals surface area contributed by atoms with Gasteiger partial charge in [0, 0.05) is 19.3 Å². The molecule has 2 aromatic heterocycles. The van der Waals surface area contributed by atoms with E-state index in [1.807, 2.05) is 11.8 Å². The molecule has 1 aliphatic heterocycles. The minimum atomic E-state index is 0.180. The summed E-state index contributed by atoms with van der Waals surface area (Å²) < 4.78 is 0. The van der Waals surface area contributed by atoms with Crippen LogP contribution in [0.15, 0.2) is 17.6 Å². The van der Waals surface area contributed by atoms with Gasteiger partial charge in [-0.25, -0.2) is 19.9 Å². The minimum absolute atomic E-state index is 0.180. The molecule has 1 amide bonds. The van der Waals surface area contributed by atoms with Gasteiger partial charge in [0.15, 0.2) is 5.65 Å². The first kappa shape index (κ1) is 14.2. The molecule has 0 bridgehead atoms. The summed E-state index contributed by atoms with van der Waals surface area (Å²) in [4.78, 5) is 31.0. The van der Waals surface area contributed by atoms with Gasteiger partial charge in [-0.1, -0.05) is 11.8 Å². The molecule has 1 aliphatic rings. The first-order valence-corrected chi connectivity index (χ1v) is 8.07. The van der Waals surface area contributed by atoms with E-state index in [0.29, 0.717) is 17.2 Å². The zero-order valence-electron chi connectivity index (χ0n) is 11.9. The average molecular weight is 303 g/mol. The van der Waals surface area contributed by atoms with E-state index in [1.54, 1.807) is 6.20 Å². The van der Waals surface area contributed by atoms with Crippen LogP contribution < -0.4 is 0 Å². The molecule has 2 aromatic rings. The molecule has 0 radical (unpaired) electrons. The number of carbonyl (C=O) groups excluding carboxylic acids is 1. The molecule has 1 fully saturated rings. The molecule has 3 heterocycles. The lowest BCUT2D eigenvalue weighted by molar-refractivity contribution is -0.129. The average Bonchev–Trinajstić information content (AvgIpc) is 2.53. The van der Waals surface area contributed by atoms with Crippen LogP contribution in [0.4, 0.5) is 0 Å². The Morgan fingerprint density at radius 1 is 1.24 bits per heavy atom. The normalized spacial score (nSPS) is 15.4. The molecule has 6 nitrogen and oxygen atoms in total. The molecule has 0 spiro atoms. The van der Waals surface area contributed by atoms with E-state index in [2.05, 4.69) is 19.9 Å². The number of hydrogen-bond acceptors (Lipinski definition) is 6. The summed E-state index contributed by atoms with van der Waals surface area (Å²) in [6, 6.07) is 0. The Morgan fingerprint density at radius 2 is 2.05 bits per heavy atom. The predicted molar refractivity (Wildman–Crippen MR) is 81.0 cm³/mol. The summed E-state index contributed by atoms with van der Waals surface area (Å²) in [5.74, 6) is 1.26. The third-order valence-corrected chi connectivity index (χ3v) is 4.51. The number of aryl methyl sites for hydroxylation is 1. The molecule has 0 atom stereocenters. The van der Waals surface area contributed by atoms with Crippen molar-refractivity contribution in [3.63, 3.8) is 0 Å². The maximum Gasteiger partial charge on any atom is 0.232 e. The molecule has 0 aromatic carbocycles. The van der Waals surface area contributed by atoms with E-state index >= 15 is 0 Å². The molecular formula is C14H17N5OS. The van der Waals surface area contributed by atoms with Crippen LogP contribution in [0, 0.1) is 6.92 Å². The van der Waals surface area contributed by atoms with Gasteiger partial charge in [0.1, 0.15) is 17.2 Å². The number of fused-ring (bicyclic) bond motifs is 1. The van der Waals surface area contributed by atoms with Crippen LogP contribution in [0.1, 0.15) is 25.1 Å². The summed E-state index contributed by atoms with van der Waals surface area (Å²) >= 11 is 1.44. The highest BCUT2D eigenvalue weighted by Gasteiger charge is 2.17. The highest BCUT2D eigenvalue weighted by atomic mass is 32.2. The van der Waals surface area contributed by atoms with Gasteiger partial charge in [0.2, 0.25) is 5.91 Å². The summed E-state index contributed by atoms with van der Waals surface area (Å²) in [6.45, 7) is 3.59. The number of rotatable bonds is 3. The second-order valence-electron chi connectivity index (χ2n) is 5.06. The summed E-state index contributed by atoms with van der Waals surface area (Å²) in [5, 5.41) is 1.57. The Morgan fingerprint density at radius 3 is 2.86 bits per heavy atom. The van der Waals surface area contributed by atoms with Crippen LogP contribution in [-0.2, 0) is 4.79 Å². The molecule has 3 rings (SSSR count). The molecule has 21 heavy (non-hydrogen) atoms. The van der Waals surface area contributed by atoms with Crippen molar-refractivity contribution in [2.45, 2.75) is 31.2 Å². The lowest BCUT2D eigenvalue weighted by atomic mass is 10.1. The van der Waals surface area contributed by atoms with Gasteiger partial charge >= 0.3 is 0 Å². The second-order valence-corrected chi connectivity index (χ2v) is 6.03. The number of amides is 1. The number of carbonyl (C=O) groups is 1. The molecule has 1 saturated heterocycles. The minimum Gasteiger partial charge on any atom is -0.342 e. The van der Waals surface area contributed by atoms with E-state index in [4.69, 9.17) is 0 Å². The van der Waals surface area contributed by atoms with Crippen molar-refractivity contribution in [3.8, 4) is 0 Å². The molecule has 0 N–H and O–H groups in total. The summed E-state index contributed by atoms with van der Waals surface area (Å²) in [5.41, 5.74) is 0.630. The van der Waals surface area contributed by atoms with Gasteiger partial charge in [-0.3, -0.25) is 4.79 Å². The molecule has 0 aliphatic carbocycles. The van der Waals surface area contributed by atoms with Crippen LogP contribution in [-0.4, -0.2) is 49.6 Å². The third kappa shape index (κ3) is 3.29. The molecular weight excluding hydrogens is 286 g/mol. The van der Waals surface area contributed by atoms with Crippen molar-refractivity contribution in [3.05, 3.63) is 18.3 Å². The monoisotopic (exact) mass is 303 g/mol. The molecule has 0 saturated carbocycles. The predicted octanol–water partition coefficient (Wildman–Crippen LogP) is 1.83. The van der Waals surface area contributed by atoms with Gasteiger partial charge in [-0.15, -0.1) is 0 Å². The number of aromatic nitrogens is 4. The zero-order chi connectivity index (χ0) is 14.7. The molecule has 7 heteroatoms. The van der Waals surface area contributed by atoms with Crippen molar-refractivity contribution >= 4 is 28.7 Å². The van der Waals surface area contributed by atoms with Gasteiger partial charge in [-0.2, -0.15) is 0 Å². The maximum absolute atomic E-state index is 12.2. The van der Waals surface area contributed by atoms with Crippen molar-refractivity contribution in [1.82, 2.24) is 24.8 Å². The second kappa shape index (κ2) is 6.34. The topological polar surface area (TPSA) is 71.9 Å². The SMILES string of the molecule is Cc1ncc2c(SCC(=O)N3CCCCC3)ncnc2n1.